The molecular formula is C21H23F3N4O. The van der Waals surface area contributed by atoms with Gasteiger partial charge in [0.05, 0.1) is 11.0 Å². The van der Waals surface area contributed by atoms with E-state index in [1.807, 2.05) is 37.4 Å². The monoisotopic (exact) mass is 404 g/mol. The van der Waals surface area contributed by atoms with Gasteiger partial charge < -0.3 is 14.8 Å². The number of nitrogens with one attached hydrogen (secondary N) is 1. The van der Waals surface area contributed by atoms with Crippen molar-refractivity contribution in [1.29, 1.82) is 0 Å². The topological polar surface area (TPSA) is 50.2 Å². The summed E-state index contributed by atoms with van der Waals surface area (Å²) in [5.74, 6) is -1.53. The molecule has 0 aliphatic rings. The molecule has 1 aromatic heterocycles. The van der Waals surface area contributed by atoms with E-state index in [1.54, 1.807) is 12.1 Å². The van der Waals surface area contributed by atoms with Crippen LogP contribution in [-0.4, -0.2) is 40.5 Å². The number of aromatic nitrogens is 2. The second kappa shape index (κ2) is 9.09. The molecule has 0 aliphatic heterocycles. The highest BCUT2D eigenvalue weighted by Gasteiger charge is 2.37. The molecule has 1 N–H and O–H groups in total. The van der Waals surface area contributed by atoms with E-state index in [4.69, 9.17) is 0 Å². The van der Waals surface area contributed by atoms with Crippen molar-refractivity contribution in [2.45, 2.75) is 25.7 Å². The maximum Gasteiger partial charge on any atom is 0.449 e. The first-order valence-electron chi connectivity index (χ1n) is 9.36. The number of carbonyl (C=O) groups excluding carboxylic acids is 1. The van der Waals surface area contributed by atoms with Crippen LogP contribution in [0.4, 0.5) is 13.2 Å². The molecule has 3 rings (SSSR count). The lowest BCUT2D eigenvalue weighted by atomic mass is 10.2. The van der Waals surface area contributed by atoms with Gasteiger partial charge in [0.15, 0.2) is 0 Å². The third kappa shape index (κ3) is 5.57. The maximum atomic E-state index is 13.3. The molecule has 2 aromatic carbocycles. The first-order valence-corrected chi connectivity index (χ1v) is 9.36. The fraction of sp³-hybridized carbons (Fsp3) is 0.333. The van der Waals surface area contributed by atoms with Crippen molar-refractivity contribution in [2.24, 2.45) is 0 Å². The van der Waals surface area contributed by atoms with Crippen LogP contribution in [0.3, 0.4) is 0 Å². The summed E-state index contributed by atoms with van der Waals surface area (Å²) in [6, 6.07) is 16.3. The number of carbonyl (C=O) groups is 1. The highest BCUT2D eigenvalue weighted by atomic mass is 19.4. The molecule has 0 bridgehead atoms. The Morgan fingerprint density at radius 3 is 2.52 bits per heavy atom. The average Bonchev–Trinajstić information content (AvgIpc) is 3.05. The predicted octanol–water partition coefficient (Wildman–Crippen LogP) is 3.69. The van der Waals surface area contributed by atoms with Gasteiger partial charge in [-0.15, -0.1) is 0 Å². The fourth-order valence-corrected chi connectivity index (χ4v) is 3.20. The summed E-state index contributed by atoms with van der Waals surface area (Å²) in [6.45, 7) is 1.53. The van der Waals surface area contributed by atoms with E-state index in [9.17, 15) is 18.0 Å². The molecule has 8 heteroatoms. The van der Waals surface area contributed by atoms with Gasteiger partial charge in [0, 0.05) is 13.1 Å². The van der Waals surface area contributed by atoms with E-state index >= 15 is 0 Å². The van der Waals surface area contributed by atoms with Gasteiger partial charge in [-0.25, -0.2) is 4.98 Å². The Morgan fingerprint density at radius 1 is 1.10 bits per heavy atom. The number of imidazole rings is 1. The molecule has 0 unspecified atom stereocenters. The van der Waals surface area contributed by atoms with Crippen molar-refractivity contribution in [3.63, 3.8) is 0 Å². The van der Waals surface area contributed by atoms with Crippen LogP contribution in [0.1, 0.15) is 17.8 Å². The standard InChI is InChI=1S/C21H23F3N4O/c1-27(14-16-8-3-2-4-9-16)13-7-12-25-19(29)15-28-18-11-6-5-10-17(18)26-20(28)21(22,23)24/h2-6,8-11H,7,12-15H2,1H3,(H,25,29). The zero-order valence-electron chi connectivity index (χ0n) is 16.1. The van der Waals surface area contributed by atoms with E-state index in [0.717, 1.165) is 17.7 Å². The summed E-state index contributed by atoms with van der Waals surface area (Å²) in [7, 11) is 1.99. The molecule has 1 amide bonds. The fourth-order valence-electron chi connectivity index (χ4n) is 3.20. The smallest absolute Gasteiger partial charge is 0.355 e. The Bertz CT molecular complexity index is 953. The lowest BCUT2D eigenvalue weighted by Gasteiger charge is -2.17. The van der Waals surface area contributed by atoms with Gasteiger partial charge in [-0.1, -0.05) is 42.5 Å². The minimum absolute atomic E-state index is 0.218. The zero-order valence-corrected chi connectivity index (χ0v) is 16.1. The lowest BCUT2D eigenvalue weighted by molar-refractivity contribution is -0.147. The first-order chi connectivity index (χ1) is 13.8. The molecule has 0 aliphatic carbocycles. The highest BCUT2D eigenvalue weighted by Crippen LogP contribution is 2.31. The predicted molar refractivity (Wildman–Crippen MR) is 105 cm³/mol. The van der Waals surface area contributed by atoms with Gasteiger partial charge in [-0.05, 0) is 37.7 Å². The van der Waals surface area contributed by atoms with Gasteiger partial charge in [-0.2, -0.15) is 13.2 Å². The zero-order chi connectivity index (χ0) is 20.9. The normalized spacial score (nSPS) is 11.9. The van der Waals surface area contributed by atoms with Gasteiger partial charge in [0.1, 0.15) is 6.54 Å². The van der Waals surface area contributed by atoms with Crippen molar-refractivity contribution < 1.29 is 18.0 Å². The summed E-state index contributed by atoms with van der Waals surface area (Å²) in [5.41, 5.74) is 1.71. The van der Waals surface area contributed by atoms with E-state index in [-0.39, 0.29) is 11.0 Å². The molecule has 0 saturated carbocycles. The van der Waals surface area contributed by atoms with Gasteiger partial charge >= 0.3 is 6.18 Å². The number of benzene rings is 2. The minimum Gasteiger partial charge on any atom is -0.355 e. The summed E-state index contributed by atoms with van der Waals surface area (Å²) in [6.07, 6.45) is -3.93. The Morgan fingerprint density at radius 2 is 1.79 bits per heavy atom. The molecular weight excluding hydrogens is 381 g/mol. The number of rotatable bonds is 8. The number of halogens is 3. The summed E-state index contributed by atoms with van der Waals surface area (Å²) in [5, 5.41) is 2.70. The number of alkyl halides is 3. The second-order valence-corrected chi connectivity index (χ2v) is 6.93. The van der Waals surface area contributed by atoms with Crippen molar-refractivity contribution in [1.82, 2.24) is 19.8 Å². The first kappa shape index (κ1) is 20.9. The number of hydrogen-bond donors (Lipinski definition) is 1. The second-order valence-electron chi connectivity index (χ2n) is 6.93. The molecule has 0 fully saturated rings. The van der Waals surface area contributed by atoms with Crippen LogP contribution in [0.5, 0.6) is 0 Å². The van der Waals surface area contributed by atoms with E-state index in [0.29, 0.717) is 13.0 Å². The van der Waals surface area contributed by atoms with Crippen LogP contribution in [0, 0.1) is 0 Å². The number of nitrogens with zero attached hydrogens (tertiary/aromatic N) is 3. The van der Waals surface area contributed by atoms with Crippen LogP contribution >= 0.6 is 0 Å². The molecule has 0 saturated heterocycles. The molecule has 5 nitrogen and oxygen atoms in total. The quantitative estimate of drug-likeness (QED) is 0.583. The van der Waals surface area contributed by atoms with Crippen molar-refractivity contribution in [3.05, 3.63) is 66.0 Å². The molecule has 0 radical (unpaired) electrons. The Labute approximate surface area is 167 Å². The van der Waals surface area contributed by atoms with Crippen molar-refractivity contribution in [2.75, 3.05) is 20.1 Å². The molecule has 29 heavy (non-hydrogen) atoms. The molecule has 0 spiro atoms. The third-order valence-corrected chi connectivity index (χ3v) is 4.54. The minimum atomic E-state index is -4.63. The van der Waals surface area contributed by atoms with Crippen LogP contribution in [-0.2, 0) is 24.1 Å². The number of amides is 1. The summed E-state index contributed by atoms with van der Waals surface area (Å²) < 4.78 is 40.8. The number of para-hydroxylation sites is 2. The van der Waals surface area contributed by atoms with Gasteiger partial charge in [-0.3, -0.25) is 4.79 Å². The molecule has 154 valence electrons. The van der Waals surface area contributed by atoms with Crippen LogP contribution in [0.2, 0.25) is 0 Å². The average molecular weight is 404 g/mol. The lowest BCUT2D eigenvalue weighted by Crippen LogP contribution is -2.31. The van der Waals surface area contributed by atoms with Crippen molar-refractivity contribution in [3.8, 4) is 0 Å². The molecule has 0 atom stereocenters. The van der Waals surface area contributed by atoms with Crippen LogP contribution < -0.4 is 5.32 Å². The molecule has 3 aromatic rings. The summed E-state index contributed by atoms with van der Waals surface area (Å²) >= 11 is 0. The maximum absolute atomic E-state index is 13.3. The SMILES string of the molecule is CN(CCCNC(=O)Cn1c(C(F)(F)F)nc2ccccc21)Cc1ccccc1. The van der Waals surface area contributed by atoms with Gasteiger partial charge in [0.25, 0.3) is 0 Å². The third-order valence-electron chi connectivity index (χ3n) is 4.54. The number of hydrogen-bond acceptors (Lipinski definition) is 3. The van der Waals surface area contributed by atoms with E-state index < -0.39 is 24.5 Å². The Balaban J connectivity index is 1.52. The highest BCUT2D eigenvalue weighted by molar-refractivity contribution is 5.81. The van der Waals surface area contributed by atoms with E-state index in [1.165, 1.54) is 17.7 Å². The molecule has 1 heterocycles. The van der Waals surface area contributed by atoms with Crippen LogP contribution in [0.25, 0.3) is 11.0 Å². The Kier molecular flexibility index (Phi) is 6.53. The van der Waals surface area contributed by atoms with Gasteiger partial charge in [0.2, 0.25) is 11.7 Å². The Hall–Kier alpha value is -2.87. The number of fused-ring (bicyclic) bond motifs is 1. The van der Waals surface area contributed by atoms with E-state index in [2.05, 4.69) is 15.2 Å². The van der Waals surface area contributed by atoms with Crippen LogP contribution in [0.15, 0.2) is 54.6 Å². The van der Waals surface area contributed by atoms with Crippen molar-refractivity contribution >= 4 is 16.9 Å². The largest absolute Gasteiger partial charge is 0.449 e. The summed E-state index contributed by atoms with van der Waals surface area (Å²) in [4.78, 5) is 18.0.